The number of likely N-dealkylation sites (N-methyl/N-ethyl adjacent to an activating group) is 1. The normalized spacial score (nSPS) is 14.7. The summed E-state index contributed by atoms with van der Waals surface area (Å²) in [6.45, 7) is -0.0862. The van der Waals surface area contributed by atoms with E-state index in [0.29, 0.717) is 6.01 Å². The van der Waals surface area contributed by atoms with Crippen LogP contribution in [-0.4, -0.2) is 37.8 Å². The van der Waals surface area contributed by atoms with E-state index >= 15 is 0 Å². The van der Waals surface area contributed by atoms with Gasteiger partial charge in [-0.25, -0.2) is 4.79 Å². The number of esters is 1. The van der Waals surface area contributed by atoms with Crippen molar-refractivity contribution in [2.45, 2.75) is 25.3 Å². The fourth-order valence-electron chi connectivity index (χ4n) is 4.61. The van der Waals surface area contributed by atoms with E-state index < -0.39 is 0 Å². The second-order valence-corrected chi connectivity index (χ2v) is 8.67. The molecule has 1 aromatic heterocycles. The summed E-state index contributed by atoms with van der Waals surface area (Å²) in [5.74, 6) is 1.14. The molecule has 0 aliphatic heterocycles. The summed E-state index contributed by atoms with van der Waals surface area (Å²) in [6.07, 6.45) is 2.61. The topological polar surface area (TPSA) is 64.8 Å². The highest BCUT2D eigenvalue weighted by molar-refractivity contribution is 5.78. The third-order valence-corrected chi connectivity index (χ3v) is 6.53. The Morgan fingerprint density at radius 3 is 2.43 bits per heavy atom. The van der Waals surface area contributed by atoms with Crippen molar-refractivity contribution < 1.29 is 18.7 Å². The molecular formula is C29H28N2O4. The van der Waals surface area contributed by atoms with Crippen LogP contribution in [0, 0.1) is 0 Å². The van der Waals surface area contributed by atoms with Gasteiger partial charge in [-0.2, -0.15) is 4.98 Å². The summed E-state index contributed by atoms with van der Waals surface area (Å²) in [5.41, 5.74) is 5.24. The molecule has 1 heterocycles. The molecule has 178 valence electrons. The van der Waals surface area contributed by atoms with Crippen LogP contribution in [0.5, 0.6) is 5.75 Å². The zero-order valence-electron chi connectivity index (χ0n) is 19.9. The molecule has 0 saturated heterocycles. The Hall–Kier alpha value is -4.06. The van der Waals surface area contributed by atoms with Crippen LogP contribution in [0.2, 0.25) is 0 Å². The SMILES string of the molecule is COC(=O)COc1cccc2c1CCC(N(C)c1nc(-c3ccccc3)c(-c3ccccc3)o1)C2. The fraction of sp³-hybridized carbons (Fsp3) is 0.241. The van der Waals surface area contributed by atoms with E-state index in [9.17, 15) is 4.79 Å². The minimum atomic E-state index is -0.386. The number of anilines is 1. The smallest absolute Gasteiger partial charge is 0.343 e. The molecule has 0 fully saturated rings. The molecule has 35 heavy (non-hydrogen) atoms. The minimum absolute atomic E-state index is 0.0862. The van der Waals surface area contributed by atoms with Crippen LogP contribution in [0.15, 0.2) is 83.3 Å². The van der Waals surface area contributed by atoms with E-state index in [1.807, 2.05) is 67.7 Å². The molecule has 1 atom stereocenters. The lowest BCUT2D eigenvalue weighted by Gasteiger charge is -2.32. The summed E-state index contributed by atoms with van der Waals surface area (Å²) in [5, 5.41) is 0. The van der Waals surface area contributed by atoms with Crippen molar-refractivity contribution in [1.29, 1.82) is 0 Å². The molecule has 0 saturated carbocycles. The molecule has 1 aliphatic carbocycles. The maximum atomic E-state index is 11.5. The number of methoxy groups -OCH3 is 1. The average molecular weight is 469 g/mol. The Kier molecular flexibility index (Phi) is 6.53. The summed E-state index contributed by atoms with van der Waals surface area (Å²) in [4.78, 5) is 18.6. The molecule has 5 rings (SSSR count). The molecule has 1 unspecified atom stereocenters. The third-order valence-electron chi connectivity index (χ3n) is 6.53. The van der Waals surface area contributed by atoms with Crippen LogP contribution in [0.1, 0.15) is 17.5 Å². The molecule has 0 amide bonds. The number of aromatic nitrogens is 1. The van der Waals surface area contributed by atoms with Crippen molar-refractivity contribution in [2.75, 3.05) is 25.7 Å². The van der Waals surface area contributed by atoms with E-state index in [0.717, 1.165) is 53.2 Å². The largest absolute Gasteiger partial charge is 0.482 e. The van der Waals surface area contributed by atoms with E-state index in [4.69, 9.17) is 18.9 Å². The average Bonchev–Trinajstić information content (AvgIpc) is 3.37. The van der Waals surface area contributed by atoms with Gasteiger partial charge in [0.15, 0.2) is 12.4 Å². The van der Waals surface area contributed by atoms with Gasteiger partial charge in [0, 0.05) is 24.2 Å². The van der Waals surface area contributed by atoms with E-state index in [1.165, 1.54) is 12.7 Å². The number of fused-ring (bicyclic) bond motifs is 1. The maximum absolute atomic E-state index is 11.5. The van der Waals surface area contributed by atoms with Crippen LogP contribution >= 0.6 is 0 Å². The van der Waals surface area contributed by atoms with Gasteiger partial charge in [-0.3, -0.25) is 0 Å². The van der Waals surface area contributed by atoms with Crippen molar-refractivity contribution in [3.05, 3.63) is 90.0 Å². The molecule has 0 radical (unpaired) electrons. The number of carbonyl (C=O) groups excluding carboxylic acids is 1. The third kappa shape index (κ3) is 4.78. The lowest BCUT2D eigenvalue weighted by atomic mass is 9.87. The zero-order valence-corrected chi connectivity index (χ0v) is 19.9. The Labute approximate surface area is 205 Å². The Balaban J connectivity index is 1.41. The molecular weight excluding hydrogens is 440 g/mol. The first-order chi connectivity index (χ1) is 17.1. The first-order valence-electron chi connectivity index (χ1n) is 11.8. The number of rotatable bonds is 7. The number of oxazole rings is 1. The van der Waals surface area contributed by atoms with Crippen LogP contribution in [-0.2, 0) is 22.4 Å². The quantitative estimate of drug-likeness (QED) is 0.331. The Morgan fingerprint density at radius 1 is 1.00 bits per heavy atom. The molecule has 6 heteroatoms. The second kappa shape index (κ2) is 10.1. The van der Waals surface area contributed by atoms with Gasteiger partial charge < -0.3 is 18.8 Å². The van der Waals surface area contributed by atoms with E-state index in [-0.39, 0.29) is 18.6 Å². The van der Waals surface area contributed by atoms with Crippen molar-refractivity contribution >= 4 is 12.0 Å². The highest BCUT2D eigenvalue weighted by Gasteiger charge is 2.28. The highest BCUT2D eigenvalue weighted by atomic mass is 16.6. The second-order valence-electron chi connectivity index (χ2n) is 8.67. The van der Waals surface area contributed by atoms with Gasteiger partial charge in [0.05, 0.1) is 7.11 Å². The summed E-state index contributed by atoms with van der Waals surface area (Å²) in [6, 6.07) is 27.1. The predicted molar refractivity (Wildman–Crippen MR) is 136 cm³/mol. The van der Waals surface area contributed by atoms with Crippen molar-refractivity contribution in [1.82, 2.24) is 4.98 Å². The number of carbonyl (C=O) groups is 1. The van der Waals surface area contributed by atoms with Gasteiger partial charge in [-0.1, -0.05) is 72.8 Å². The van der Waals surface area contributed by atoms with Crippen molar-refractivity contribution in [3.63, 3.8) is 0 Å². The van der Waals surface area contributed by atoms with Crippen LogP contribution in [0.3, 0.4) is 0 Å². The van der Waals surface area contributed by atoms with Crippen LogP contribution in [0.4, 0.5) is 6.01 Å². The van der Waals surface area contributed by atoms with Gasteiger partial charge in [-0.15, -0.1) is 0 Å². The summed E-state index contributed by atoms with van der Waals surface area (Å²) < 4.78 is 16.8. The molecule has 4 aromatic rings. The van der Waals surface area contributed by atoms with Gasteiger partial charge in [0.2, 0.25) is 0 Å². The van der Waals surface area contributed by atoms with Gasteiger partial charge in [0.25, 0.3) is 6.01 Å². The van der Waals surface area contributed by atoms with E-state index in [1.54, 1.807) is 0 Å². The molecule has 0 N–H and O–H groups in total. The van der Waals surface area contributed by atoms with Crippen molar-refractivity contribution in [2.24, 2.45) is 0 Å². The van der Waals surface area contributed by atoms with Crippen LogP contribution < -0.4 is 9.64 Å². The number of nitrogens with zero attached hydrogens (tertiary/aromatic N) is 2. The van der Waals surface area contributed by atoms with Crippen molar-refractivity contribution in [3.8, 4) is 28.3 Å². The highest BCUT2D eigenvalue weighted by Crippen LogP contribution is 2.37. The first-order valence-corrected chi connectivity index (χ1v) is 11.8. The Bertz CT molecular complexity index is 1240. The molecule has 0 spiro atoms. The molecule has 1 aliphatic rings. The zero-order chi connectivity index (χ0) is 24.2. The summed E-state index contributed by atoms with van der Waals surface area (Å²) in [7, 11) is 3.41. The monoisotopic (exact) mass is 468 g/mol. The molecule has 3 aromatic carbocycles. The number of benzene rings is 3. The van der Waals surface area contributed by atoms with Crippen LogP contribution in [0.25, 0.3) is 22.6 Å². The van der Waals surface area contributed by atoms with Gasteiger partial charge in [0.1, 0.15) is 11.4 Å². The first kappa shape index (κ1) is 22.7. The summed E-state index contributed by atoms with van der Waals surface area (Å²) >= 11 is 0. The maximum Gasteiger partial charge on any atom is 0.343 e. The van der Waals surface area contributed by atoms with E-state index in [2.05, 4.69) is 23.1 Å². The van der Waals surface area contributed by atoms with Gasteiger partial charge >= 0.3 is 5.97 Å². The lowest BCUT2D eigenvalue weighted by molar-refractivity contribution is -0.142. The number of hydrogen-bond donors (Lipinski definition) is 0. The van der Waals surface area contributed by atoms with Gasteiger partial charge in [-0.05, 0) is 36.5 Å². The standard InChI is InChI=1S/C29H28N2O4/c1-31(23-16-17-24-22(18-23)14-9-15-25(24)34-19-26(32)33-2)29-30-27(20-10-5-3-6-11-20)28(35-29)21-12-7-4-8-13-21/h3-15,23H,16-19H2,1-2H3. The number of ether oxygens (including phenoxy) is 2. The minimum Gasteiger partial charge on any atom is -0.482 e. The predicted octanol–water partition coefficient (Wildman–Crippen LogP) is 5.55. The molecule has 0 bridgehead atoms. The fourth-order valence-corrected chi connectivity index (χ4v) is 4.61. The Morgan fingerprint density at radius 2 is 1.71 bits per heavy atom. The molecule has 6 nitrogen and oxygen atoms in total. The lowest BCUT2D eigenvalue weighted by Crippen LogP contribution is -2.36. The number of hydrogen-bond acceptors (Lipinski definition) is 6.